The van der Waals surface area contributed by atoms with Gasteiger partial charge in [0.2, 0.25) is 5.91 Å². The summed E-state index contributed by atoms with van der Waals surface area (Å²) in [7, 11) is 0. The average Bonchev–Trinajstić information content (AvgIpc) is 2.89. The van der Waals surface area contributed by atoms with E-state index in [1.54, 1.807) is 0 Å². The molecule has 1 atom stereocenters. The zero-order valence-corrected chi connectivity index (χ0v) is 11.3. The SMILES string of the molecule is NCCOCC(=O)N1CCCC1C1CCCCC1. The molecule has 1 heterocycles. The maximum atomic E-state index is 12.1. The lowest BCUT2D eigenvalue weighted by atomic mass is 9.83. The van der Waals surface area contributed by atoms with Crippen molar-refractivity contribution in [3.8, 4) is 0 Å². The van der Waals surface area contributed by atoms with Gasteiger partial charge in [-0.25, -0.2) is 0 Å². The second-order valence-electron chi connectivity index (χ2n) is 5.54. The fraction of sp³-hybridized carbons (Fsp3) is 0.929. The Bertz CT molecular complexity index is 265. The Morgan fingerprint density at radius 1 is 1.17 bits per heavy atom. The number of carbonyl (C=O) groups is 1. The van der Waals surface area contributed by atoms with Crippen LogP contribution in [-0.4, -0.2) is 43.2 Å². The molecule has 1 saturated carbocycles. The van der Waals surface area contributed by atoms with Gasteiger partial charge in [-0.3, -0.25) is 4.79 Å². The maximum Gasteiger partial charge on any atom is 0.248 e. The summed E-state index contributed by atoms with van der Waals surface area (Å²) in [4.78, 5) is 14.2. The number of amides is 1. The maximum absolute atomic E-state index is 12.1. The van der Waals surface area contributed by atoms with Crippen molar-refractivity contribution in [1.82, 2.24) is 4.90 Å². The van der Waals surface area contributed by atoms with Crippen molar-refractivity contribution in [2.45, 2.75) is 51.0 Å². The summed E-state index contributed by atoms with van der Waals surface area (Å²) in [5.41, 5.74) is 5.36. The van der Waals surface area contributed by atoms with Crippen LogP contribution < -0.4 is 5.73 Å². The molecule has 0 radical (unpaired) electrons. The van der Waals surface area contributed by atoms with Crippen LogP contribution in [0.1, 0.15) is 44.9 Å². The molecule has 0 aromatic heterocycles. The van der Waals surface area contributed by atoms with Gasteiger partial charge in [0.15, 0.2) is 0 Å². The van der Waals surface area contributed by atoms with Gasteiger partial charge >= 0.3 is 0 Å². The van der Waals surface area contributed by atoms with Gasteiger partial charge in [-0.15, -0.1) is 0 Å². The highest BCUT2D eigenvalue weighted by Crippen LogP contribution is 2.34. The first-order chi connectivity index (χ1) is 8.83. The Labute approximate surface area is 110 Å². The molecule has 1 aliphatic heterocycles. The van der Waals surface area contributed by atoms with E-state index in [0.29, 0.717) is 19.2 Å². The Hall–Kier alpha value is -0.610. The molecule has 1 aliphatic carbocycles. The lowest BCUT2D eigenvalue weighted by Crippen LogP contribution is -2.42. The van der Waals surface area contributed by atoms with Crippen LogP contribution in [0.4, 0.5) is 0 Å². The average molecular weight is 254 g/mol. The lowest BCUT2D eigenvalue weighted by Gasteiger charge is -2.34. The van der Waals surface area contributed by atoms with Gasteiger partial charge in [0.05, 0.1) is 6.61 Å². The Balaban J connectivity index is 1.84. The standard InChI is InChI=1S/C14H26N2O2/c15-8-10-18-11-14(17)16-9-4-7-13(16)12-5-2-1-3-6-12/h12-13H,1-11,15H2. The molecule has 1 amide bonds. The molecular weight excluding hydrogens is 228 g/mol. The number of carbonyl (C=O) groups excluding carboxylic acids is 1. The van der Waals surface area contributed by atoms with Crippen molar-refractivity contribution >= 4 is 5.91 Å². The summed E-state index contributed by atoms with van der Waals surface area (Å²) in [5.74, 6) is 0.899. The highest BCUT2D eigenvalue weighted by molar-refractivity contribution is 5.78. The molecule has 0 aromatic rings. The summed E-state index contributed by atoms with van der Waals surface area (Å²) < 4.78 is 5.28. The third-order valence-electron chi connectivity index (χ3n) is 4.30. The molecule has 0 bridgehead atoms. The molecule has 2 aliphatic rings. The van der Waals surface area contributed by atoms with Gasteiger partial charge in [-0.1, -0.05) is 19.3 Å². The molecule has 1 saturated heterocycles. The van der Waals surface area contributed by atoms with Gasteiger partial charge in [-0.05, 0) is 31.6 Å². The van der Waals surface area contributed by atoms with E-state index in [0.717, 1.165) is 18.9 Å². The van der Waals surface area contributed by atoms with Crippen molar-refractivity contribution in [2.75, 3.05) is 26.3 Å². The summed E-state index contributed by atoms with van der Waals surface area (Å²) in [6.07, 6.45) is 9.00. The van der Waals surface area contributed by atoms with Crippen molar-refractivity contribution in [2.24, 2.45) is 11.7 Å². The first kappa shape index (κ1) is 13.8. The van der Waals surface area contributed by atoms with Gasteiger partial charge in [0.25, 0.3) is 0 Å². The quantitative estimate of drug-likeness (QED) is 0.757. The van der Waals surface area contributed by atoms with Crippen LogP contribution in [0.5, 0.6) is 0 Å². The summed E-state index contributed by atoms with van der Waals surface area (Å²) in [5, 5.41) is 0. The molecule has 2 fully saturated rings. The highest BCUT2D eigenvalue weighted by atomic mass is 16.5. The van der Waals surface area contributed by atoms with Crippen molar-refractivity contribution < 1.29 is 9.53 Å². The summed E-state index contributed by atoms with van der Waals surface area (Å²) >= 11 is 0. The predicted octanol–water partition coefficient (Wildman–Crippen LogP) is 1.53. The third-order valence-corrected chi connectivity index (χ3v) is 4.30. The highest BCUT2D eigenvalue weighted by Gasteiger charge is 2.34. The van der Waals surface area contributed by atoms with Gasteiger partial charge in [0, 0.05) is 19.1 Å². The molecule has 2 rings (SSSR count). The minimum Gasteiger partial charge on any atom is -0.370 e. The number of nitrogens with two attached hydrogens (primary N) is 1. The molecule has 2 N–H and O–H groups in total. The van der Waals surface area contributed by atoms with Crippen molar-refractivity contribution in [1.29, 1.82) is 0 Å². The Morgan fingerprint density at radius 2 is 1.94 bits per heavy atom. The fourth-order valence-electron chi connectivity index (χ4n) is 3.44. The van der Waals surface area contributed by atoms with Crippen molar-refractivity contribution in [3.63, 3.8) is 0 Å². The van der Waals surface area contributed by atoms with E-state index in [4.69, 9.17) is 10.5 Å². The number of ether oxygens (including phenoxy) is 1. The fourth-order valence-corrected chi connectivity index (χ4v) is 3.44. The first-order valence-corrected chi connectivity index (χ1v) is 7.40. The van der Waals surface area contributed by atoms with Crippen LogP contribution >= 0.6 is 0 Å². The van der Waals surface area contributed by atoms with E-state index in [1.807, 2.05) is 0 Å². The number of rotatable bonds is 5. The minimum absolute atomic E-state index is 0.163. The molecule has 0 aromatic carbocycles. The zero-order valence-electron chi connectivity index (χ0n) is 11.3. The largest absolute Gasteiger partial charge is 0.370 e. The van der Waals surface area contributed by atoms with E-state index >= 15 is 0 Å². The number of hydrogen-bond donors (Lipinski definition) is 1. The summed E-state index contributed by atoms with van der Waals surface area (Å²) in [6.45, 7) is 2.10. The normalized spacial score (nSPS) is 25.6. The van der Waals surface area contributed by atoms with Crippen LogP contribution in [-0.2, 0) is 9.53 Å². The van der Waals surface area contributed by atoms with Crippen LogP contribution in [0.15, 0.2) is 0 Å². The zero-order chi connectivity index (χ0) is 12.8. The van der Waals surface area contributed by atoms with Gasteiger partial charge in [-0.2, -0.15) is 0 Å². The first-order valence-electron chi connectivity index (χ1n) is 7.40. The number of hydrogen-bond acceptors (Lipinski definition) is 3. The topological polar surface area (TPSA) is 55.6 Å². The number of nitrogens with zero attached hydrogens (tertiary/aromatic N) is 1. The third kappa shape index (κ3) is 3.45. The molecule has 104 valence electrons. The van der Waals surface area contributed by atoms with E-state index in [2.05, 4.69) is 4.90 Å². The molecule has 4 heteroatoms. The van der Waals surface area contributed by atoms with Crippen LogP contribution in [0.2, 0.25) is 0 Å². The second-order valence-corrected chi connectivity index (χ2v) is 5.54. The molecule has 1 unspecified atom stereocenters. The van der Waals surface area contributed by atoms with Gasteiger partial charge < -0.3 is 15.4 Å². The molecule has 18 heavy (non-hydrogen) atoms. The monoisotopic (exact) mass is 254 g/mol. The molecular formula is C14H26N2O2. The van der Waals surface area contributed by atoms with E-state index in [1.165, 1.54) is 38.5 Å². The molecule has 4 nitrogen and oxygen atoms in total. The van der Waals surface area contributed by atoms with Gasteiger partial charge in [0.1, 0.15) is 6.61 Å². The minimum atomic E-state index is 0.163. The summed E-state index contributed by atoms with van der Waals surface area (Å²) in [6, 6.07) is 0.485. The lowest BCUT2D eigenvalue weighted by molar-refractivity contribution is -0.138. The van der Waals surface area contributed by atoms with E-state index in [-0.39, 0.29) is 12.5 Å². The van der Waals surface area contributed by atoms with Crippen LogP contribution in [0.25, 0.3) is 0 Å². The Kier molecular flexibility index (Phi) is 5.45. The smallest absolute Gasteiger partial charge is 0.248 e. The van der Waals surface area contributed by atoms with E-state index in [9.17, 15) is 4.79 Å². The molecule has 0 spiro atoms. The Morgan fingerprint density at radius 3 is 2.67 bits per heavy atom. The van der Waals surface area contributed by atoms with Crippen LogP contribution in [0.3, 0.4) is 0 Å². The van der Waals surface area contributed by atoms with Crippen molar-refractivity contribution in [3.05, 3.63) is 0 Å². The van der Waals surface area contributed by atoms with Crippen LogP contribution in [0, 0.1) is 5.92 Å². The van der Waals surface area contributed by atoms with E-state index < -0.39 is 0 Å². The predicted molar refractivity (Wildman–Crippen MR) is 71.2 cm³/mol. The second kappa shape index (κ2) is 7.10. The number of likely N-dealkylation sites (tertiary alicyclic amines) is 1.